The van der Waals surface area contributed by atoms with Gasteiger partial charge in [-0.15, -0.1) is 0 Å². The van der Waals surface area contributed by atoms with Gasteiger partial charge in [0.15, 0.2) is 0 Å². The van der Waals surface area contributed by atoms with Crippen LogP contribution >= 0.6 is 0 Å². The van der Waals surface area contributed by atoms with Crippen molar-refractivity contribution in [3.05, 3.63) is 59.2 Å². The van der Waals surface area contributed by atoms with E-state index in [0.717, 1.165) is 42.8 Å². The van der Waals surface area contributed by atoms with Crippen LogP contribution in [0, 0.1) is 0 Å². The zero-order valence-corrected chi connectivity index (χ0v) is 17.7. The Morgan fingerprint density at radius 3 is 2.58 bits per heavy atom. The Hall–Kier alpha value is -3.61. The van der Waals surface area contributed by atoms with Crippen LogP contribution in [0.15, 0.2) is 48.0 Å². The molecular formula is C24H25N3O4. The molecule has 1 fully saturated rings. The molecule has 0 aliphatic carbocycles. The van der Waals surface area contributed by atoms with Crippen LogP contribution in [0.4, 0.5) is 16.2 Å². The molecule has 4 rings (SSSR count). The lowest BCUT2D eigenvalue weighted by Crippen LogP contribution is -2.54. The molecule has 7 heteroatoms. The number of urea groups is 1. The summed E-state index contributed by atoms with van der Waals surface area (Å²) in [5.41, 5.74) is 3.47. The number of anilines is 2. The number of nitrogens with one attached hydrogen (secondary N) is 1. The smallest absolute Gasteiger partial charge is 0.335 e. The maximum absolute atomic E-state index is 13.0. The highest BCUT2D eigenvalue weighted by atomic mass is 16.5. The molecule has 0 saturated carbocycles. The zero-order valence-electron chi connectivity index (χ0n) is 17.7. The first-order chi connectivity index (χ1) is 15.0. The number of fused-ring (bicyclic) bond motifs is 1. The number of amides is 4. The van der Waals surface area contributed by atoms with Gasteiger partial charge >= 0.3 is 6.03 Å². The molecule has 160 valence electrons. The molecule has 2 heterocycles. The summed E-state index contributed by atoms with van der Waals surface area (Å²) in [6.45, 7) is 4.19. The first kappa shape index (κ1) is 20.7. The van der Waals surface area contributed by atoms with Crippen molar-refractivity contribution in [3.8, 4) is 5.75 Å². The molecule has 1 saturated heterocycles. The van der Waals surface area contributed by atoms with E-state index in [1.807, 2.05) is 18.2 Å². The molecule has 2 aliphatic rings. The molecule has 4 amide bonds. The highest BCUT2D eigenvalue weighted by Crippen LogP contribution is 2.30. The van der Waals surface area contributed by atoms with Gasteiger partial charge in [-0.1, -0.05) is 19.4 Å². The van der Waals surface area contributed by atoms with Gasteiger partial charge in [-0.3, -0.25) is 14.9 Å². The van der Waals surface area contributed by atoms with E-state index in [1.165, 1.54) is 18.4 Å². The summed E-state index contributed by atoms with van der Waals surface area (Å²) in [6.07, 6.45) is 4.79. The van der Waals surface area contributed by atoms with Gasteiger partial charge in [-0.05, 0) is 66.4 Å². The quantitative estimate of drug-likeness (QED) is 0.573. The lowest BCUT2D eigenvalue weighted by Gasteiger charge is -2.26. The van der Waals surface area contributed by atoms with Gasteiger partial charge in [0.1, 0.15) is 11.3 Å². The summed E-state index contributed by atoms with van der Waals surface area (Å²) in [6, 6.07) is 11.7. The molecule has 0 spiro atoms. The van der Waals surface area contributed by atoms with Gasteiger partial charge in [-0.2, -0.15) is 0 Å². The van der Waals surface area contributed by atoms with Crippen LogP contribution in [0.5, 0.6) is 5.75 Å². The molecule has 0 unspecified atom stereocenters. The maximum Gasteiger partial charge on any atom is 0.335 e. The van der Waals surface area contributed by atoms with Crippen LogP contribution in [0.3, 0.4) is 0 Å². The van der Waals surface area contributed by atoms with Gasteiger partial charge in [0, 0.05) is 18.8 Å². The Kier molecular flexibility index (Phi) is 5.75. The highest BCUT2D eigenvalue weighted by Gasteiger charge is 2.36. The minimum atomic E-state index is -0.766. The third kappa shape index (κ3) is 4.03. The van der Waals surface area contributed by atoms with Crippen molar-refractivity contribution in [2.75, 3.05) is 30.0 Å². The van der Waals surface area contributed by atoms with Crippen molar-refractivity contribution in [2.24, 2.45) is 0 Å². The van der Waals surface area contributed by atoms with Crippen molar-refractivity contribution in [1.29, 1.82) is 0 Å². The summed E-state index contributed by atoms with van der Waals surface area (Å²) in [4.78, 5) is 41.2. The minimum absolute atomic E-state index is 0.0730. The summed E-state index contributed by atoms with van der Waals surface area (Å²) in [7, 11) is 1.53. The van der Waals surface area contributed by atoms with Crippen LogP contribution in [0.1, 0.15) is 30.9 Å². The van der Waals surface area contributed by atoms with E-state index in [4.69, 9.17) is 4.74 Å². The number of hydrogen-bond acceptors (Lipinski definition) is 5. The largest absolute Gasteiger partial charge is 0.497 e. The number of unbranched alkanes of at least 4 members (excludes halogenated alkanes) is 1. The Labute approximate surface area is 181 Å². The number of carbonyl (C=O) groups excluding carboxylic acids is 3. The van der Waals surface area contributed by atoms with Gasteiger partial charge in [0.2, 0.25) is 0 Å². The van der Waals surface area contributed by atoms with E-state index >= 15 is 0 Å². The fourth-order valence-electron chi connectivity index (χ4n) is 3.95. The van der Waals surface area contributed by atoms with Crippen LogP contribution < -0.4 is 19.9 Å². The molecule has 2 aromatic carbocycles. The van der Waals surface area contributed by atoms with Crippen molar-refractivity contribution in [2.45, 2.75) is 26.2 Å². The number of barbiturate groups is 1. The molecule has 1 N–H and O–H groups in total. The molecule has 2 aliphatic heterocycles. The molecule has 0 radical (unpaired) electrons. The third-order valence-electron chi connectivity index (χ3n) is 5.62. The highest BCUT2D eigenvalue weighted by molar-refractivity contribution is 6.39. The molecule has 0 atom stereocenters. The number of hydrogen-bond donors (Lipinski definition) is 1. The van der Waals surface area contributed by atoms with Crippen LogP contribution in [0.2, 0.25) is 0 Å². The molecule has 0 aromatic heterocycles. The average Bonchev–Trinajstić information content (AvgIpc) is 3.17. The summed E-state index contributed by atoms with van der Waals surface area (Å²) in [5.74, 6) is -0.736. The first-order valence-electron chi connectivity index (χ1n) is 10.4. The van der Waals surface area contributed by atoms with Crippen LogP contribution in [0.25, 0.3) is 6.08 Å². The fourth-order valence-corrected chi connectivity index (χ4v) is 3.95. The average molecular weight is 419 g/mol. The van der Waals surface area contributed by atoms with Gasteiger partial charge in [0.25, 0.3) is 11.8 Å². The molecule has 2 aromatic rings. The number of rotatable bonds is 6. The molecule has 7 nitrogen and oxygen atoms in total. The number of methoxy groups -OCH3 is 1. The van der Waals surface area contributed by atoms with Gasteiger partial charge in [-0.25, -0.2) is 9.69 Å². The zero-order chi connectivity index (χ0) is 22.0. The van der Waals surface area contributed by atoms with Crippen molar-refractivity contribution < 1.29 is 19.1 Å². The number of ether oxygens (including phenoxy) is 1. The lowest BCUT2D eigenvalue weighted by atomic mass is 10.0. The molecule has 0 bridgehead atoms. The number of imide groups is 2. The predicted molar refractivity (Wildman–Crippen MR) is 119 cm³/mol. The lowest BCUT2D eigenvalue weighted by molar-refractivity contribution is -0.122. The maximum atomic E-state index is 13.0. The van der Waals surface area contributed by atoms with E-state index < -0.39 is 17.8 Å². The Balaban J connectivity index is 1.61. The van der Waals surface area contributed by atoms with Crippen LogP contribution in [-0.2, 0) is 16.0 Å². The summed E-state index contributed by atoms with van der Waals surface area (Å²) in [5, 5.41) is 2.26. The Bertz CT molecular complexity index is 1060. The minimum Gasteiger partial charge on any atom is -0.497 e. The van der Waals surface area contributed by atoms with E-state index in [-0.39, 0.29) is 5.57 Å². The number of benzene rings is 2. The second kappa shape index (κ2) is 8.63. The van der Waals surface area contributed by atoms with Crippen molar-refractivity contribution in [3.63, 3.8) is 0 Å². The third-order valence-corrected chi connectivity index (χ3v) is 5.62. The van der Waals surface area contributed by atoms with E-state index in [9.17, 15) is 14.4 Å². The van der Waals surface area contributed by atoms with Crippen LogP contribution in [-0.4, -0.2) is 38.0 Å². The Morgan fingerprint density at radius 1 is 1.10 bits per heavy atom. The number of nitrogens with zero attached hydrogens (tertiary/aromatic N) is 2. The van der Waals surface area contributed by atoms with Gasteiger partial charge in [0.05, 0.1) is 12.8 Å². The van der Waals surface area contributed by atoms with Gasteiger partial charge < -0.3 is 9.64 Å². The fraction of sp³-hybridized carbons (Fsp3) is 0.292. The van der Waals surface area contributed by atoms with Crippen molar-refractivity contribution >= 4 is 35.3 Å². The van der Waals surface area contributed by atoms with E-state index in [2.05, 4.69) is 17.1 Å². The SMILES string of the molecule is CCCCN1CCc2cc(/C=C3/C(=O)NC(=O)N(c4ccc(OC)cc4)C3=O)ccc21. The van der Waals surface area contributed by atoms with E-state index in [1.54, 1.807) is 30.3 Å². The molecule has 31 heavy (non-hydrogen) atoms. The number of carbonyl (C=O) groups is 3. The predicted octanol–water partition coefficient (Wildman–Crippen LogP) is 3.52. The van der Waals surface area contributed by atoms with Crippen molar-refractivity contribution in [1.82, 2.24) is 5.32 Å². The summed E-state index contributed by atoms with van der Waals surface area (Å²) < 4.78 is 5.12. The Morgan fingerprint density at radius 2 is 1.87 bits per heavy atom. The second-order valence-corrected chi connectivity index (χ2v) is 7.63. The second-order valence-electron chi connectivity index (χ2n) is 7.63. The monoisotopic (exact) mass is 419 g/mol. The normalized spacial score (nSPS) is 17.2. The first-order valence-corrected chi connectivity index (χ1v) is 10.4. The molecular weight excluding hydrogens is 394 g/mol. The topological polar surface area (TPSA) is 79.0 Å². The standard InChI is InChI=1S/C24H25N3O4/c1-3-4-12-26-13-11-17-14-16(5-10-21(17)26)15-20-22(28)25-24(30)27(23(20)29)18-6-8-19(31-2)9-7-18/h5-10,14-15H,3-4,11-13H2,1-2H3,(H,25,28,30)/b20-15-. The summed E-state index contributed by atoms with van der Waals surface area (Å²) >= 11 is 0. The van der Waals surface area contributed by atoms with E-state index in [0.29, 0.717) is 11.4 Å².